The largest absolute Gasteiger partial charge is 0.512 e. The normalized spacial score (nSPS) is 16.9. The van der Waals surface area contributed by atoms with Crippen molar-refractivity contribution in [3.05, 3.63) is 89.7 Å². The number of hydrogen-bond donors (Lipinski definition) is 1. The zero-order chi connectivity index (χ0) is 26.6. The summed E-state index contributed by atoms with van der Waals surface area (Å²) in [7, 11) is 0. The molecular formula is C37H40IrNO2-. The number of allylic oxidation sites excluding steroid dienone is 2. The topological polar surface area (TPSA) is 50.2 Å². The van der Waals surface area contributed by atoms with Crippen LogP contribution in [-0.4, -0.2) is 15.9 Å². The van der Waals surface area contributed by atoms with E-state index in [1.54, 1.807) is 6.08 Å². The number of carbonyl (C=O) groups excluding carboxylic acids is 1. The number of benzene rings is 3. The van der Waals surface area contributed by atoms with E-state index in [0.717, 1.165) is 42.5 Å². The molecule has 2 saturated carbocycles. The number of fused-ring (bicyclic) bond motifs is 1. The SMILES string of the molecule is C.O=C(C=C(O)C1CCCCC1)C1CCCCC1.[Ir].[c-]1ccc2ccccc2c1-c1cc2c3c(cccc3n1)C=C2. The average molecular weight is 723 g/mol. The molecule has 4 aromatic rings. The van der Waals surface area contributed by atoms with Gasteiger partial charge in [0.15, 0.2) is 5.78 Å². The van der Waals surface area contributed by atoms with E-state index < -0.39 is 0 Å². The van der Waals surface area contributed by atoms with Crippen LogP contribution in [0.2, 0.25) is 0 Å². The zero-order valence-electron chi connectivity index (χ0n) is 22.9. The van der Waals surface area contributed by atoms with Crippen molar-refractivity contribution in [1.29, 1.82) is 0 Å². The van der Waals surface area contributed by atoms with Gasteiger partial charge in [0.25, 0.3) is 0 Å². The summed E-state index contributed by atoms with van der Waals surface area (Å²) in [5.74, 6) is 0.985. The molecule has 1 N–H and O–H groups in total. The Balaban J connectivity index is 0.000000186. The molecule has 3 nitrogen and oxygen atoms in total. The number of aliphatic hydroxyl groups is 1. The van der Waals surface area contributed by atoms with E-state index in [9.17, 15) is 9.90 Å². The molecule has 1 aromatic heterocycles. The number of aromatic nitrogens is 1. The van der Waals surface area contributed by atoms with E-state index >= 15 is 0 Å². The quantitative estimate of drug-likeness (QED) is 0.114. The summed E-state index contributed by atoms with van der Waals surface area (Å²) in [5.41, 5.74) is 5.62. The average Bonchev–Trinajstić information content (AvgIpc) is 3.42. The van der Waals surface area contributed by atoms with Crippen LogP contribution in [-0.2, 0) is 24.9 Å². The maximum absolute atomic E-state index is 12.0. The molecule has 41 heavy (non-hydrogen) atoms. The van der Waals surface area contributed by atoms with Crippen molar-refractivity contribution in [1.82, 2.24) is 4.98 Å². The monoisotopic (exact) mass is 723 g/mol. The molecular weight excluding hydrogens is 683 g/mol. The molecule has 0 aliphatic heterocycles. The molecule has 0 spiro atoms. The third-order valence-corrected chi connectivity index (χ3v) is 8.64. The van der Waals surface area contributed by atoms with Crippen molar-refractivity contribution >= 4 is 39.6 Å². The van der Waals surface area contributed by atoms with Crippen LogP contribution in [0.15, 0.2) is 72.5 Å². The standard InChI is InChI=1S/C21H12N.C15H24O2.CH4.Ir/c1-2-8-17-14(5-1)6-3-9-18(17)20-13-16-12-11-15-7-4-10-19(22-20)21(15)16;16-14(12-7-3-1-4-8-12)11-15(17)13-9-5-2-6-10-13;;/h1-8,10-13H;11-13,16H,1-10H2;1H4;/q-1;;;. The summed E-state index contributed by atoms with van der Waals surface area (Å²) < 4.78 is 0. The number of rotatable bonds is 4. The van der Waals surface area contributed by atoms with Crippen LogP contribution < -0.4 is 0 Å². The first-order valence-corrected chi connectivity index (χ1v) is 14.6. The summed E-state index contributed by atoms with van der Waals surface area (Å²) in [4.78, 5) is 16.9. The fourth-order valence-corrected chi connectivity index (χ4v) is 6.47. The van der Waals surface area contributed by atoms with Gasteiger partial charge >= 0.3 is 0 Å². The van der Waals surface area contributed by atoms with E-state index in [1.807, 2.05) is 6.07 Å². The first-order chi connectivity index (χ1) is 19.2. The fraction of sp³-hybridized carbons (Fsp3) is 0.351. The Hall–Kier alpha value is -3.07. The molecule has 0 bridgehead atoms. The predicted molar refractivity (Wildman–Crippen MR) is 168 cm³/mol. The van der Waals surface area contributed by atoms with E-state index in [-0.39, 0.29) is 45.2 Å². The number of aliphatic hydroxyl groups excluding tert-OH is 1. The Morgan fingerprint density at radius 1 is 0.829 bits per heavy atom. The smallest absolute Gasteiger partial charge is 0.162 e. The van der Waals surface area contributed by atoms with Gasteiger partial charge in [-0.3, -0.25) is 9.78 Å². The van der Waals surface area contributed by atoms with Gasteiger partial charge in [0.05, 0.1) is 11.3 Å². The summed E-state index contributed by atoms with van der Waals surface area (Å²) >= 11 is 0. The van der Waals surface area contributed by atoms with Gasteiger partial charge in [0.1, 0.15) is 0 Å². The molecule has 0 amide bonds. The third kappa shape index (κ3) is 6.88. The Bertz CT molecular complexity index is 1550. The summed E-state index contributed by atoms with van der Waals surface area (Å²) in [6.07, 6.45) is 17.3. The Labute approximate surface area is 258 Å². The van der Waals surface area contributed by atoms with Gasteiger partial charge in [0, 0.05) is 43.4 Å². The fourth-order valence-electron chi connectivity index (χ4n) is 6.47. The first kappa shape index (κ1) is 30.9. The van der Waals surface area contributed by atoms with Crippen LogP contribution in [0.1, 0.15) is 82.8 Å². The van der Waals surface area contributed by atoms with Crippen LogP contribution in [0.3, 0.4) is 0 Å². The minimum atomic E-state index is 0. The molecule has 1 heterocycles. The molecule has 3 aromatic carbocycles. The van der Waals surface area contributed by atoms with Crippen LogP contribution in [0.5, 0.6) is 0 Å². The van der Waals surface area contributed by atoms with Crippen molar-refractivity contribution in [3.63, 3.8) is 0 Å². The van der Waals surface area contributed by atoms with Crippen LogP contribution in [0.4, 0.5) is 0 Å². The van der Waals surface area contributed by atoms with Gasteiger partial charge in [-0.15, -0.1) is 29.1 Å². The van der Waals surface area contributed by atoms with E-state index in [1.165, 1.54) is 65.8 Å². The maximum atomic E-state index is 12.0. The number of hydrogen-bond acceptors (Lipinski definition) is 3. The maximum Gasteiger partial charge on any atom is 0.162 e. The van der Waals surface area contributed by atoms with Crippen molar-refractivity contribution < 1.29 is 30.0 Å². The van der Waals surface area contributed by atoms with Gasteiger partial charge in [-0.2, -0.15) is 0 Å². The predicted octanol–water partition coefficient (Wildman–Crippen LogP) is 10.1. The molecule has 2 fully saturated rings. The molecule has 0 unspecified atom stereocenters. The van der Waals surface area contributed by atoms with Crippen molar-refractivity contribution in [2.45, 2.75) is 71.6 Å². The van der Waals surface area contributed by atoms with Crippen molar-refractivity contribution in [2.24, 2.45) is 11.8 Å². The number of pyridine rings is 1. The molecule has 3 aliphatic rings. The Morgan fingerprint density at radius 2 is 1.51 bits per heavy atom. The number of carbonyl (C=O) groups is 1. The Kier molecular flexibility index (Phi) is 10.7. The Morgan fingerprint density at radius 3 is 2.27 bits per heavy atom. The summed E-state index contributed by atoms with van der Waals surface area (Å²) in [6.45, 7) is 0. The van der Waals surface area contributed by atoms with Gasteiger partial charge < -0.3 is 5.11 Å². The van der Waals surface area contributed by atoms with Gasteiger partial charge in [-0.1, -0.05) is 106 Å². The molecule has 215 valence electrons. The molecule has 3 aliphatic carbocycles. The van der Waals surface area contributed by atoms with Crippen LogP contribution in [0.25, 0.3) is 45.1 Å². The third-order valence-electron chi connectivity index (χ3n) is 8.64. The van der Waals surface area contributed by atoms with E-state index in [4.69, 9.17) is 4.98 Å². The summed E-state index contributed by atoms with van der Waals surface area (Å²) in [5, 5.41) is 13.7. The van der Waals surface area contributed by atoms with Gasteiger partial charge in [0.2, 0.25) is 0 Å². The van der Waals surface area contributed by atoms with E-state index in [2.05, 4.69) is 72.8 Å². The first-order valence-electron chi connectivity index (χ1n) is 14.6. The molecule has 1 radical (unpaired) electrons. The zero-order valence-corrected chi connectivity index (χ0v) is 25.3. The molecule has 0 atom stereocenters. The second kappa shape index (κ2) is 14.2. The van der Waals surface area contributed by atoms with Crippen LogP contribution >= 0.6 is 0 Å². The minimum Gasteiger partial charge on any atom is -0.512 e. The molecule has 0 saturated heterocycles. The minimum absolute atomic E-state index is 0. The molecule has 7 rings (SSSR count). The van der Waals surface area contributed by atoms with Gasteiger partial charge in [-0.25, -0.2) is 0 Å². The second-order valence-electron chi connectivity index (χ2n) is 11.3. The summed E-state index contributed by atoms with van der Waals surface area (Å²) in [6, 6.07) is 24.3. The van der Waals surface area contributed by atoms with Crippen molar-refractivity contribution in [3.8, 4) is 11.3 Å². The molecule has 4 heteroatoms. The van der Waals surface area contributed by atoms with Gasteiger partial charge in [-0.05, 0) is 48.6 Å². The van der Waals surface area contributed by atoms with E-state index in [0.29, 0.717) is 5.76 Å². The van der Waals surface area contributed by atoms with Crippen molar-refractivity contribution in [2.75, 3.05) is 0 Å². The number of ketones is 1. The second-order valence-corrected chi connectivity index (χ2v) is 11.3. The number of nitrogens with zero attached hydrogens (tertiary/aromatic N) is 1. The van der Waals surface area contributed by atoms with Crippen LogP contribution in [0, 0.1) is 17.9 Å².